The molecule has 0 spiro atoms. The number of nitrogens with one attached hydrogen (secondary N) is 1. The second kappa shape index (κ2) is 9.96. The molecule has 0 atom stereocenters. The van der Waals surface area contributed by atoms with Gasteiger partial charge in [-0.3, -0.25) is 4.79 Å². The molecule has 0 aliphatic heterocycles. The van der Waals surface area contributed by atoms with Crippen molar-refractivity contribution in [1.82, 2.24) is 0 Å². The fourth-order valence-corrected chi connectivity index (χ4v) is 2.42. The van der Waals surface area contributed by atoms with E-state index in [1.165, 1.54) is 20.3 Å². The Balaban J connectivity index is 2.06. The molecule has 0 saturated carbocycles. The van der Waals surface area contributed by atoms with Crippen LogP contribution >= 0.6 is 0 Å². The highest BCUT2D eigenvalue weighted by atomic mass is 16.5. The predicted molar refractivity (Wildman–Crippen MR) is 101 cm³/mol. The molecule has 28 heavy (non-hydrogen) atoms. The summed E-state index contributed by atoms with van der Waals surface area (Å²) in [6.07, 6.45) is 0. The summed E-state index contributed by atoms with van der Waals surface area (Å²) in [5, 5.41) is 2.53. The van der Waals surface area contributed by atoms with E-state index in [0.29, 0.717) is 0 Å². The van der Waals surface area contributed by atoms with Gasteiger partial charge in [0.05, 0.1) is 32.1 Å². The van der Waals surface area contributed by atoms with Crippen molar-refractivity contribution in [2.24, 2.45) is 0 Å². The van der Waals surface area contributed by atoms with Crippen molar-refractivity contribution in [1.29, 1.82) is 0 Å². The Labute approximate surface area is 162 Å². The predicted octanol–water partition coefficient (Wildman–Crippen LogP) is 2.68. The van der Waals surface area contributed by atoms with Crippen molar-refractivity contribution in [2.45, 2.75) is 6.92 Å². The third-order valence-corrected chi connectivity index (χ3v) is 3.66. The van der Waals surface area contributed by atoms with Crippen molar-refractivity contribution in [2.75, 3.05) is 32.8 Å². The van der Waals surface area contributed by atoms with Gasteiger partial charge in [-0.1, -0.05) is 18.2 Å². The molecule has 2 aromatic rings. The minimum Gasteiger partial charge on any atom is -0.496 e. The molecular weight excluding hydrogens is 366 g/mol. The van der Waals surface area contributed by atoms with Gasteiger partial charge in [0, 0.05) is 0 Å². The molecule has 0 unspecified atom stereocenters. The molecule has 148 valence electrons. The maximum absolute atomic E-state index is 12.4. The largest absolute Gasteiger partial charge is 0.496 e. The van der Waals surface area contributed by atoms with E-state index in [-0.39, 0.29) is 34.9 Å². The number of esters is 2. The van der Waals surface area contributed by atoms with E-state index in [2.05, 4.69) is 5.32 Å². The monoisotopic (exact) mass is 387 g/mol. The van der Waals surface area contributed by atoms with Crippen LogP contribution in [0.4, 0.5) is 5.69 Å². The standard InChI is InChI=1S/C20H21NO7/c1-4-27-19(23)13-8-5-6-9-14(13)21-17(22)12-28-20(24)18-15(25-2)10-7-11-16(18)26-3/h5-11H,4,12H2,1-3H3,(H,21,22). The van der Waals surface area contributed by atoms with E-state index in [1.54, 1.807) is 43.3 Å². The number of methoxy groups -OCH3 is 2. The number of carbonyl (C=O) groups excluding carboxylic acids is 3. The molecule has 8 heteroatoms. The van der Waals surface area contributed by atoms with E-state index in [9.17, 15) is 14.4 Å². The number of para-hydroxylation sites is 1. The molecule has 2 rings (SSSR count). The van der Waals surface area contributed by atoms with E-state index in [4.69, 9.17) is 18.9 Å². The first-order valence-corrected chi connectivity index (χ1v) is 8.45. The number of anilines is 1. The van der Waals surface area contributed by atoms with Gasteiger partial charge in [0.2, 0.25) is 0 Å². The maximum atomic E-state index is 12.4. The average molecular weight is 387 g/mol. The molecule has 0 bridgehead atoms. The SMILES string of the molecule is CCOC(=O)c1ccccc1NC(=O)COC(=O)c1c(OC)cccc1OC. The number of hydrogen-bond acceptors (Lipinski definition) is 7. The van der Waals surface area contributed by atoms with E-state index >= 15 is 0 Å². The average Bonchev–Trinajstić information content (AvgIpc) is 2.71. The molecule has 2 aromatic carbocycles. The van der Waals surface area contributed by atoms with Gasteiger partial charge in [-0.2, -0.15) is 0 Å². The lowest BCUT2D eigenvalue weighted by molar-refractivity contribution is -0.119. The zero-order valence-corrected chi connectivity index (χ0v) is 15.8. The fraction of sp³-hybridized carbons (Fsp3) is 0.250. The van der Waals surface area contributed by atoms with Crippen LogP contribution in [0.2, 0.25) is 0 Å². The molecular formula is C20H21NO7. The molecule has 8 nitrogen and oxygen atoms in total. The second-order valence-electron chi connectivity index (χ2n) is 5.43. The Morgan fingerprint density at radius 2 is 1.50 bits per heavy atom. The first-order valence-electron chi connectivity index (χ1n) is 8.45. The van der Waals surface area contributed by atoms with Gasteiger partial charge in [0.15, 0.2) is 6.61 Å². The van der Waals surface area contributed by atoms with E-state index in [0.717, 1.165) is 0 Å². The van der Waals surface area contributed by atoms with E-state index < -0.39 is 24.5 Å². The lowest BCUT2D eigenvalue weighted by Gasteiger charge is -2.13. The third kappa shape index (κ3) is 5.00. The van der Waals surface area contributed by atoms with Crippen LogP contribution < -0.4 is 14.8 Å². The zero-order valence-electron chi connectivity index (χ0n) is 15.8. The van der Waals surface area contributed by atoms with Crippen molar-refractivity contribution >= 4 is 23.5 Å². The minimum absolute atomic E-state index is 0.0761. The molecule has 1 amide bonds. The summed E-state index contributed by atoms with van der Waals surface area (Å²) in [5.74, 6) is -1.42. The van der Waals surface area contributed by atoms with Crippen molar-refractivity contribution < 1.29 is 33.3 Å². The first-order chi connectivity index (χ1) is 13.5. The topological polar surface area (TPSA) is 100 Å². The van der Waals surface area contributed by atoms with Gasteiger partial charge >= 0.3 is 11.9 Å². The summed E-state index contributed by atoms with van der Waals surface area (Å²) >= 11 is 0. The lowest BCUT2D eigenvalue weighted by atomic mass is 10.1. The van der Waals surface area contributed by atoms with Gasteiger partial charge in [-0.15, -0.1) is 0 Å². The summed E-state index contributed by atoms with van der Waals surface area (Å²) in [6.45, 7) is 1.33. The van der Waals surface area contributed by atoms with Gasteiger partial charge in [0.25, 0.3) is 5.91 Å². The van der Waals surface area contributed by atoms with Gasteiger partial charge < -0.3 is 24.3 Å². The number of carbonyl (C=O) groups is 3. The number of rotatable bonds is 8. The quantitative estimate of drug-likeness (QED) is 0.695. The zero-order chi connectivity index (χ0) is 20.5. The van der Waals surface area contributed by atoms with Crippen LogP contribution in [0.3, 0.4) is 0 Å². The maximum Gasteiger partial charge on any atom is 0.346 e. The first kappa shape index (κ1) is 20.8. The summed E-state index contributed by atoms with van der Waals surface area (Å²) < 4.78 is 20.3. The normalized spacial score (nSPS) is 9.96. The van der Waals surface area contributed by atoms with Crippen LogP contribution in [-0.2, 0) is 14.3 Å². The van der Waals surface area contributed by atoms with Crippen molar-refractivity contribution in [3.8, 4) is 11.5 Å². The number of benzene rings is 2. The Morgan fingerprint density at radius 3 is 2.11 bits per heavy atom. The van der Waals surface area contributed by atoms with Gasteiger partial charge in [0.1, 0.15) is 17.1 Å². The Hall–Kier alpha value is -3.55. The molecule has 0 heterocycles. The number of hydrogen-bond donors (Lipinski definition) is 1. The fourth-order valence-electron chi connectivity index (χ4n) is 2.42. The van der Waals surface area contributed by atoms with Crippen LogP contribution in [0.1, 0.15) is 27.6 Å². The van der Waals surface area contributed by atoms with Crippen LogP contribution in [-0.4, -0.2) is 45.3 Å². The Bertz CT molecular complexity index is 841. The smallest absolute Gasteiger partial charge is 0.346 e. The number of ether oxygens (including phenoxy) is 4. The lowest BCUT2D eigenvalue weighted by Crippen LogP contribution is -2.22. The van der Waals surface area contributed by atoms with Gasteiger partial charge in [-0.05, 0) is 31.2 Å². The highest BCUT2D eigenvalue weighted by molar-refractivity contribution is 6.02. The van der Waals surface area contributed by atoms with E-state index in [1.807, 2.05) is 0 Å². The van der Waals surface area contributed by atoms with Crippen LogP contribution in [0, 0.1) is 0 Å². The molecule has 1 N–H and O–H groups in total. The summed E-state index contributed by atoms with van der Waals surface area (Å²) in [7, 11) is 2.81. The molecule has 0 radical (unpaired) electrons. The Morgan fingerprint density at radius 1 is 0.857 bits per heavy atom. The highest BCUT2D eigenvalue weighted by Crippen LogP contribution is 2.28. The highest BCUT2D eigenvalue weighted by Gasteiger charge is 2.21. The molecule has 0 saturated heterocycles. The Kier molecular flexibility index (Phi) is 7.38. The van der Waals surface area contributed by atoms with Crippen molar-refractivity contribution in [3.05, 3.63) is 53.6 Å². The minimum atomic E-state index is -0.775. The molecule has 0 aliphatic carbocycles. The molecule has 0 aromatic heterocycles. The van der Waals surface area contributed by atoms with Crippen molar-refractivity contribution in [3.63, 3.8) is 0 Å². The third-order valence-electron chi connectivity index (χ3n) is 3.66. The molecule has 0 aliphatic rings. The van der Waals surface area contributed by atoms with Gasteiger partial charge in [-0.25, -0.2) is 9.59 Å². The summed E-state index contributed by atoms with van der Waals surface area (Å²) in [5.41, 5.74) is 0.541. The molecule has 0 fully saturated rings. The number of amides is 1. The summed E-state index contributed by atoms with van der Waals surface area (Å²) in [6, 6.07) is 11.2. The van der Waals surface area contributed by atoms with Crippen LogP contribution in [0.25, 0.3) is 0 Å². The van der Waals surface area contributed by atoms with Crippen LogP contribution in [0.5, 0.6) is 11.5 Å². The summed E-state index contributed by atoms with van der Waals surface area (Å²) in [4.78, 5) is 36.5. The second-order valence-corrected chi connectivity index (χ2v) is 5.43. The van der Waals surface area contributed by atoms with Crippen LogP contribution in [0.15, 0.2) is 42.5 Å².